The first-order valence-corrected chi connectivity index (χ1v) is 7.17. The number of methoxy groups -OCH3 is 1. The summed E-state index contributed by atoms with van der Waals surface area (Å²) < 4.78 is 16.1. The molecular weight excluding hydrogens is 256 g/mol. The summed E-state index contributed by atoms with van der Waals surface area (Å²) in [6, 6.07) is 7.66. The Morgan fingerprint density at radius 2 is 2.00 bits per heavy atom. The van der Waals surface area contributed by atoms with Crippen molar-refractivity contribution in [3.05, 3.63) is 29.8 Å². The molecule has 0 amide bonds. The molecular formula is C16H22O4. The van der Waals surface area contributed by atoms with Crippen LogP contribution < -0.4 is 4.74 Å². The van der Waals surface area contributed by atoms with Crippen molar-refractivity contribution in [3.63, 3.8) is 0 Å². The van der Waals surface area contributed by atoms with Crippen molar-refractivity contribution in [1.82, 2.24) is 0 Å². The van der Waals surface area contributed by atoms with Crippen molar-refractivity contribution in [1.29, 1.82) is 0 Å². The van der Waals surface area contributed by atoms with Crippen molar-refractivity contribution < 1.29 is 19.0 Å². The summed E-state index contributed by atoms with van der Waals surface area (Å²) in [6.45, 7) is 4.55. The Hall–Kier alpha value is -1.55. The molecule has 2 unspecified atom stereocenters. The van der Waals surface area contributed by atoms with Crippen molar-refractivity contribution in [3.8, 4) is 5.75 Å². The molecule has 1 heterocycles. The maximum absolute atomic E-state index is 12.0. The molecule has 1 fully saturated rings. The predicted octanol–water partition coefficient (Wildman–Crippen LogP) is 3.04. The Labute approximate surface area is 120 Å². The van der Waals surface area contributed by atoms with Gasteiger partial charge in [0.15, 0.2) is 6.10 Å². The first-order chi connectivity index (χ1) is 9.67. The van der Waals surface area contributed by atoms with Gasteiger partial charge in [-0.1, -0.05) is 32.4 Å². The first-order valence-electron chi connectivity index (χ1n) is 7.17. The lowest BCUT2D eigenvalue weighted by molar-refractivity contribution is -0.145. The average molecular weight is 278 g/mol. The van der Waals surface area contributed by atoms with Gasteiger partial charge in [0.05, 0.1) is 13.7 Å². The Balaban J connectivity index is 2.03. The molecule has 1 aliphatic rings. The van der Waals surface area contributed by atoms with Crippen LogP contribution in [0.3, 0.4) is 0 Å². The van der Waals surface area contributed by atoms with E-state index in [0.29, 0.717) is 6.61 Å². The second kappa shape index (κ2) is 6.27. The third kappa shape index (κ3) is 2.80. The smallest absolute Gasteiger partial charge is 0.338 e. The fourth-order valence-corrected chi connectivity index (χ4v) is 2.37. The summed E-state index contributed by atoms with van der Waals surface area (Å²) in [5.74, 6) is 0.541. The highest BCUT2D eigenvalue weighted by atomic mass is 16.7. The molecule has 0 radical (unpaired) electrons. The van der Waals surface area contributed by atoms with Gasteiger partial charge in [-0.05, 0) is 30.5 Å². The number of carbonyl (C=O) groups excluding carboxylic acids is 1. The molecule has 20 heavy (non-hydrogen) atoms. The second-order valence-electron chi connectivity index (χ2n) is 4.99. The molecule has 4 heteroatoms. The van der Waals surface area contributed by atoms with Crippen LogP contribution in [0, 0.1) is 0 Å². The lowest BCUT2D eigenvalue weighted by Gasteiger charge is -2.11. The summed E-state index contributed by atoms with van der Waals surface area (Å²) in [5, 5.41) is 0. The van der Waals surface area contributed by atoms with Gasteiger partial charge in [0.25, 0.3) is 0 Å². The molecule has 1 aromatic rings. The number of ether oxygens (including phenoxy) is 3. The minimum absolute atomic E-state index is 0.254. The summed E-state index contributed by atoms with van der Waals surface area (Å²) in [7, 11) is 1.63. The average Bonchev–Trinajstić information content (AvgIpc) is 3.24. The van der Waals surface area contributed by atoms with E-state index >= 15 is 0 Å². The van der Waals surface area contributed by atoms with E-state index in [-0.39, 0.29) is 5.97 Å². The van der Waals surface area contributed by atoms with Gasteiger partial charge in [0, 0.05) is 0 Å². The van der Waals surface area contributed by atoms with Gasteiger partial charge in [-0.15, -0.1) is 0 Å². The zero-order valence-electron chi connectivity index (χ0n) is 12.3. The molecule has 0 N–H and O–H groups in total. The number of unbranched alkanes of at least 4 members (excludes halogenated alkanes) is 1. The van der Waals surface area contributed by atoms with Gasteiger partial charge in [0.2, 0.25) is 0 Å². The summed E-state index contributed by atoms with van der Waals surface area (Å²) in [5.41, 5.74) is 0.480. The lowest BCUT2D eigenvalue weighted by atomic mass is 9.92. The number of epoxide rings is 1. The highest BCUT2D eigenvalue weighted by Gasteiger charge is 2.61. The van der Waals surface area contributed by atoms with Gasteiger partial charge in [0.1, 0.15) is 11.4 Å². The quantitative estimate of drug-likeness (QED) is 0.437. The summed E-state index contributed by atoms with van der Waals surface area (Å²) in [6.07, 6.45) is 2.17. The van der Waals surface area contributed by atoms with Crippen molar-refractivity contribution in [2.24, 2.45) is 0 Å². The predicted molar refractivity (Wildman–Crippen MR) is 75.7 cm³/mol. The van der Waals surface area contributed by atoms with E-state index in [1.807, 2.05) is 31.2 Å². The van der Waals surface area contributed by atoms with Crippen LogP contribution in [0.25, 0.3) is 0 Å². The van der Waals surface area contributed by atoms with Crippen molar-refractivity contribution in [2.75, 3.05) is 13.7 Å². The van der Waals surface area contributed by atoms with Crippen LogP contribution in [0.1, 0.15) is 38.7 Å². The largest absolute Gasteiger partial charge is 0.497 e. The molecule has 0 saturated carbocycles. The van der Waals surface area contributed by atoms with E-state index < -0.39 is 11.7 Å². The first kappa shape index (κ1) is 14.9. The maximum Gasteiger partial charge on any atom is 0.338 e. The number of benzene rings is 1. The molecule has 4 nitrogen and oxygen atoms in total. The molecule has 2 rings (SSSR count). The van der Waals surface area contributed by atoms with Crippen LogP contribution >= 0.6 is 0 Å². The van der Waals surface area contributed by atoms with E-state index in [2.05, 4.69) is 6.92 Å². The molecule has 1 aromatic carbocycles. The lowest BCUT2D eigenvalue weighted by Crippen LogP contribution is -2.21. The Morgan fingerprint density at radius 1 is 1.30 bits per heavy atom. The molecule has 1 saturated heterocycles. The van der Waals surface area contributed by atoms with Gasteiger partial charge in [-0.3, -0.25) is 0 Å². The molecule has 2 atom stereocenters. The maximum atomic E-state index is 12.0. The van der Waals surface area contributed by atoms with Crippen molar-refractivity contribution >= 4 is 5.97 Å². The van der Waals surface area contributed by atoms with Crippen LogP contribution in [0.2, 0.25) is 0 Å². The number of esters is 1. The van der Waals surface area contributed by atoms with E-state index in [4.69, 9.17) is 14.2 Å². The van der Waals surface area contributed by atoms with Gasteiger partial charge in [-0.2, -0.15) is 0 Å². The van der Waals surface area contributed by atoms with E-state index in [0.717, 1.165) is 30.6 Å². The highest BCUT2D eigenvalue weighted by molar-refractivity contribution is 5.80. The van der Waals surface area contributed by atoms with Gasteiger partial charge >= 0.3 is 5.97 Å². The SMILES string of the molecule is CCCCOC(=O)C1OC1(CC)c1ccc(OC)cc1. The number of hydrogen-bond donors (Lipinski definition) is 0. The Morgan fingerprint density at radius 3 is 2.55 bits per heavy atom. The molecule has 0 spiro atoms. The minimum Gasteiger partial charge on any atom is -0.497 e. The zero-order valence-corrected chi connectivity index (χ0v) is 12.3. The second-order valence-corrected chi connectivity index (χ2v) is 4.99. The van der Waals surface area contributed by atoms with Crippen LogP contribution in [0.4, 0.5) is 0 Å². The summed E-state index contributed by atoms with van der Waals surface area (Å²) in [4.78, 5) is 12.0. The molecule has 0 aliphatic carbocycles. The topological polar surface area (TPSA) is 48.1 Å². The molecule has 0 bridgehead atoms. The number of rotatable bonds is 7. The molecule has 0 aromatic heterocycles. The number of carbonyl (C=O) groups is 1. The van der Waals surface area contributed by atoms with Gasteiger partial charge in [-0.25, -0.2) is 4.79 Å². The van der Waals surface area contributed by atoms with Crippen LogP contribution in [0.5, 0.6) is 5.75 Å². The van der Waals surface area contributed by atoms with Crippen LogP contribution in [-0.4, -0.2) is 25.8 Å². The van der Waals surface area contributed by atoms with Crippen LogP contribution in [0.15, 0.2) is 24.3 Å². The van der Waals surface area contributed by atoms with Crippen molar-refractivity contribution in [2.45, 2.75) is 44.8 Å². The minimum atomic E-state index is -0.518. The zero-order chi connectivity index (χ0) is 14.6. The molecule has 1 aliphatic heterocycles. The van der Waals surface area contributed by atoms with E-state index in [1.54, 1.807) is 7.11 Å². The third-order valence-electron chi connectivity index (χ3n) is 3.75. The standard InChI is InChI=1S/C16H22O4/c1-4-6-11-19-15(17)14-16(5-2,20-14)12-7-9-13(18-3)10-8-12/h7-10,14H,4-6,11H2,1-3H3. The highest BCUT2D eigenvalue weighted by Crippen LogP contribution is 2.49. The van der Waals surface area contributed by atoms with Gasteiger partial charge < -0.3 is 14.2 Å². The Bertz CT molecular complexity index is 454. The van der Waals surface area contributed by atoms with Crippen LogP contribution in [-0.2, 0) is 19.9 Å². The summed E-state index contributed by atoms with van der Waals surface area (Å²) >= 11 is 0. The fraction of sp³-hybridized carbons (Fsp3) is 0.562. The molecule has 110 valence electrons. The normalized spacial score (nSPS) is 24.2. The third-order valence-corrected chi connectivity index (χ3v) is 3.75. The monoisotopic (exact) mass is 278 g/mol. The van der Waals surface area contributed by atoms with E-state index in [9.17, 15) is 4.79 Å². The fourth-order valence-electron chi connectivity index (χ4n) is 2.37. The van der Waals surface area contributed by atoms with E-state index in [1.165, 1.54) is 0 Å². The Kier molecular flexibility index (Phi) is 4.65. The number of hydrogen-bond acceptors (Lipinski definition) is 4.